The van der Waals surface area contributed by atoms with Crippen LogP contribution < -0.4 is 4.74 Å². The zero-order valence-corrected chi connectivity index (χ0v) is 13.6. The van der Waals surface area contributed by atoms with Gasteiger partial charge < -0.3 is 9.64 Å². The average molecular weight is 315 g/mol. The highest BCUT2D eigenvalue weighted by molar-refractivity contribution is 7.12. The lowest BCUT2D eigenvalue weighted by molar-refractivity contribution is 0.0789. The zero-order chi connectivity index (χ0) is 15.4. The van der Waals surface area contributed by atoms with Gasteiger partial charge in [0.2, 0.25) is 0 Å². The highest BCUT2D eigenvalue weighted by Crippen LogP contribution is 2.25. The van der Waals surface area contributed by atoms with Crippen LogP contribution in [0.1, 0.15) is 28.1 Å². The molecule has 1 aliphatic rings. The lowest BCUT2D eigenvalue weighted by Crippen LogP contribution is -2.28. The number of carbonyl (C=O) groups excluding carboxylic acids is 1. The van der Waals surface area contributed by atoms with Crippen molar-refractivity contribution in [1.29, 1.82) is 0 Å². The minimum Gasteiger partial charge on any atom is -0.494 e. The van der Waals surface area contributed by atoms with Crippen molar-refractivity contribution in [2.75, 3.05) is 19.7 Å². The maximum Gasteiger partial charge on any atom is 0.264 e. The molecule has 1 saturated heterocycles. The molecular weight excluding hydrogens is 294 g/mol. The summed E-state index contributed by atoms with van der Waals surface area (Å²) in [5, 5.41) is 1.99. The van der Waals surface area contributed by atoms with E-state index >= 15 is 0 Å². The number of aryl methyl sites for hydroxylation is 1. The zero-order valence-electron chi connectivity index (χ0n) is 12.8. The number of hydrogen-bond donors (Lipinski definition) is 0. The molecule has 22 heavy (non-hydrogen) atoms. The Hall–Kier alpha value is -1.81. The van der Waals surface area contributed by atoms with Gasteiger partial charge in [0, 0.05) is 13.1 Å². The number of amides is 1. The van der Waals surface area contributed by atoms with E-state index in [0.29, 0.717) is 5.92 Å². The van der Waals surface area contributed by atoms with Crippen molar-refractivity contribution in [3.05, 3.63) is 52.2 Å². The molecule has 1 aromatic heterocycles. The number of benzene rings is 1. The fraction of sp³-hybridized carbons (Fsp3) is 0.389. The minimum absolute atomic E-state index is 0.193. The molecule has 0 radical (unpaired) electrons. The third-order valence-electron chi connectivity index (χ3n) is 4.17. The lowest BCUT2D eigenvalue weighted by Gasteiger charge is -2.16. The van der Waals surface area contributed by atoms with Gasteiger partial charge in [-0.15, -0.1) is 11.3 Å². The second-order valence-electron chi connectivity index (χ2n) is 5.79. The van der Waals surface area contributed by atoms with Crippen LogP contribution in [-0.4, -0.2) is 30.5 Å². The lowest BCUT2D eigenvalue weighted by atomic mass is 10.1. The fourth-order valence-electron chi connectivity index (χ4n) is 2.85. The smallest absolute Gasteiger partial charge is 0.264 e. The highest BCUT2D eigenvalue weighted by atomic mass is 32.1. The third-order valence-corrected chi connectivity index (χ3v) is 5.17. The summed E-state index contributed by atoms with van der Waals surface area (Å²) in [5.41, 5.74) is 1.09. The summed E-state index contributed by atoms with van der Waals surface area (Å²) in [5.74, 6) is 1.66. The first kappa shape index (κ1) is 15.1. The molecule has 0 bridgehead atoms. The monoisotopic (exact) mass is 315 g/mol. The summed E-state index contributed by atoms with van der Waals surface area (Å²) < 4.78 is 5.75. The van der Waals surface area contributed by atoms with Crippen LogP contribution in [0.5, 0.6) is 5.75 Å². The van der Waals surface area contributed by atoms with E-state index in [1.165, 1.54) is 0 Å². The first-order valence-electron chi connectivity index (χ1n) is 7.75. The number of para-hydroxylation sites is 1. The van der Waals surface area contributed by atoms with Crippen LogP contribution in [0.15, 0.2) is 41.8 Å². The quantitative estimate of drug-likeness (QED) is 0.835. The summed E-state index contributed by atoms with van der Waals surface area (Å²) in [6.07, 6.45) is 2.08. The fourth-order valence-corrected chi connectivity index (χ4v) is 3.74. The van der Waals surface area contributed by atoms with E-state index in [1.54, 1.807) is 11.3 Å². The molecule has 3 nitrogen and oxygen atoms in total. The number of thiophene rings is 1. The van der Waals surface area contributed by atoms with Crippen molar-refractivity contribution < 1.29 is 9.53 Å². The minimum atomic E-state index is 0.193. The van der Waals surface area contributed by atoms with Gasteiger partial charge in [0.15, 0.2) is 0 Å². The van der Waals surface area contributed by atoms with Crippen molar-refractivity contribution >= 4 is 17.2 Å². The molecule has 0 spiro atoms. The maximum absolute atomic E-state index is 12.5. The van der Waals surface area contributed by atoms with E-state index < -0.39 is 0 Å². The van der Waals surface area contributed by atoms with Gasteiger partial charge in [0.1, 0.15) is 5.75 Å². The molecule has 1 aromatic carbocycles. The third kappa shape index (κ3) is 3.50. The van der Waals surface area contributed by atoms with Crippen LogP contribution in [0.4, 0.5) is 0 Å². The SMILES string of the molecule is Cc1ccsc1C(=O)N1CCC(CCOc2ccccc2)C1. The van der Waals surface area contributed by atoms with Gasteiger partial charge in [-0.3, -0.25) is 4.79 Å². The average Bonchev–Trinajstić information content (AvgIpc) is 3.17. The van der Waals surface area contributed by atoms with Gasteiger partial charge in [-0.1, -0.05) is 18.2 Å². The molecule has 1 unspecified atom stereocenters. The first-order chi connectivity index (χ1) is 10.7. The summed E-state index contributed by atoms with van der Waals surface area (Å²) >= 11 is 1.54. The molecule has 2 aromatic rings. The molecule has 1 fully saturated rings. The van der Waals surface area contributed by atoms with Gasteiger partial charge in [-0.25, -0.2) is 0 Å². The summed E-state index contributed by atoms with van der Waals surface area (Å²) in [7, 11) is 0. The van der Waals surface area contributed by atoms with Gasteiger partial charge in [0.25, 0.3) is 5.91 Å². The number of carbonyl (C=O) groups is 1. The Morgan fingerprint density at radius 2 is 2.14 bits per heavy atom. The topological polar surface area (TPSA) is 29.5 Å². The van der Waals surface area contributed by atoms with Crippen LogP contribution >= 0.6 is 11.3 Å². The molecular formula is C18H21NO2S. The van der Waals surface area contributed by atoms with Crippen LogP contribution in [-0.2, 0) is 0 Å². The normalized spacial score (nSPS) is 17.7. The Kier molecular flexibility index (Phi) is 4.78. The van der Waals surface area contributed by atoms with Gasteiger partial charge >= 0.3 is 0 Å². The molecule has 1 aliphatic heterocycles. The summed E-state index contributed by atoms with van der Waals surface area (Å²) in [6.45, 7) is 4.44. The predicted molar refractivity (Wildman–Crippen MR) is 89.6 cm³/mol. The largest absolute Gasteiger partial charge is 0.494 e. The van der Waals surface area contributed by atoms with E-state index in [4.69, 9.17) is 4.74 Å². The maximum atomic E-state index is 12.5. The molecule has 1 amide bonds. The highest BCUT2D eigenvalue weighted by Gasteiger charge is 2.28. The molecule has 0 N–H and O–H groups in total. The van der Waals surface area contributed by atoms with Crippen LogP contribution in [0.2, 0.25) is 0 Å². The van der Waals surface area contributed by atoms with Crippen molar-refractivity contribution in [2.24, 2.45) is 5.92 Å². The molecule has 0 saturated carbocycles. The number of likely N-dealkylation sites (tertiary alicyclic amines) is 1. The Bertz CT molecular complexity index is 623. The second kappa shape index (κ2) is 6.97. The van der Waals surface area contributed by atoms with Crippen LogP contribution in [0.3, 0.4) is 0 Å². The first-order valence-corrected chi connectivity index (χ1v) is 8.63. The van der Waals surface area contributed by atoms with Gasteiger partial charge in [-0.2, -0.15) is 0 Å². The summed E-state index contributed by atoms with van der Waals surface area (Å²) in [6, 6.07) is 11.9. The number of hydrogen-bond acceptors (Lipinski definition) is 3. The van der Waals surface area contributed by atoms with Crippen molar-refractivity contribution in [1.82, 2.24) is 4.90 Å². The Morgan fingerprint density at radius 1 is 1.32 bits per heavy atom. The Morgan fingerprint density at radius 3 is 2.86 bits per heavy atom. The van der Waals surface area contributed by atoms with Crippen molar-refractivity contribution in [2.45, 2.75) is 19.8 Å². The Balaban J connectivity index is 1.46. The second-order valence-corrected chi connectivity index (χ2v) is 6.70. The number of nitrogens with zero attached hydrogens (tertiary/aromatic N) is 1. The molecule has 3 rings (SSSR count). The van der Waals surface area contributed by atoms with Gasteiger partial charge in [-0.05, 0) is 54.8 Å². The molecule has 116 valence electrons. The van der Waals surface area contributed by atoms with E-state index in [0.717, 1.165) is 48.7 Å². The predicted octanol–water partition coefficient (Wildman–Crippen LogP) is 3.99. The van der Waals surface area contributed by atoms with E-state index in [2.05, 4.69) is 0 Å². The van der Waals surface area contributed by atoms with Crippen LogP contribution in [0, 0.1) is 12.8 Å². The van der Waals surface area contributed by atoms with E-state index in [-0.39, 0.29) is 5.91 Å². The number of ether oxygens (including phenoxy) is 1. The Labute approximate surface area is 135 Å². The molecule has 2 heterocycles. The van der Waals surface area contributed by atoms with E-state index in [9.17, 15) is 4.79 Å². The van der Waals surface area contributed by atoms with Crippen molar-refractivity contribution in [3.63, 3.8) is 0 Å². The standard InChI is InChI=1S/C18H21NO2S/c1-14-9-12-22-17(14)18(20)19-10-7-15(13-19)8-11-21-16-5-3-2-4-6-16/h2-6,9,12,15H,7-8,10-11,13H2,1H3. The van der Waals surface area contributed by atoms with Gasteiger partial charge in [0.05, 0.1) is 11.5 Å². The van der Waals surface area contributed by atoms with Crippen LogP contribution in [0.25, 0.3) is 0 Å². The van der Waals surface area contributed by atoms with Crippen molar-refractivity contribution in [3.8, 4) is 5.75 Å². The van der Waals surface area contributed by atoms with E-state index in [1.807, 2.05) is 53.6 Å². The molecule has 1 atom stereocenters. The number of rotatable bonds is 5. The molecule has 0 aliphatic carbocycles. The summed E-state index contributed by atoms with van der Waals surface area (Å²) in [4.78, 5) is 15.4. The molecule has 4 heteroatoms.